The number of fused-ring (bicyclic) bond motifs is 1. The van der Waals surface area contributed by atoms with E-state index in [1.54, 1.807) is 0 Å². The van der Waals surface area contributed by atoms with Gasteiger partial charge < -0.3 is 78.4 Å². The summed E-state index contributed by atoms with van der Waals surface area (Å²) >= 11 is 0. The summed E-state index contributed by atoms with van der Waals surface area (Å²) in [5.41, 5.74) is -0.524. The van der Waals surface area contributed by atoms with Crippen LogP contribution in [0.5, 0.6) is 11.5 Å². The summed E-state index contributed by atoms with van der Waals surface area (Å²) in [4.78, 5) is 11.8. The molecular formula is C28H38O17. The molecule has 8 N–H and O–H groups in total. The molecule has 3 aliphatic rings. The smallest absolute Gasteiger partial charge is 0.336 e. The first kappa shape index (κ1) is 33.9. The average molecular weight is 647 g/mol. The molecule has 0 saturated carbocycles. The van der Waals surface area contributed by atoms with Crippen LogP contribution in [0, 0.1) is 0 Å². The van der Waals surface area contributed by atoms with Gasteiger partial charge in [-0.15, -0.1) is 0 Å². The van der Waals surface area contributed by atoms with E-state index in [2.05, 4.69) is 0 Å². The Morgan fingerprint density at radius 1 is 0.689 bits per heavy atom. The third kappa shape index (κ3) is 6.82. The first-order valence-electron chi connectivity index (χ1n) is 14.3. The summed E-state index contributed by atoms with van der Waals surface area (Å²) < 4.78 is 44.9. The van der Waals surface area contributed by atoms with Crippen LogP contribution in [0.15, 0.2) is 33.5 Å². The van der Waals surface area contributed by atoms with Crippen molar-refractivity contribution >= 4 is 11.0 Å². The molecule has 3 aliphatic heterocycles. The SMILES string of the molecule is COc1cc2ccc(=O)oc2cc1O[C@H]1O[C@@H](CO[C@@H]2O[C@H](C)[C@H](O)[C@@H](O)[C@H]2O)[C@@H](O)[C@H](O)[C@H]1O[C@@H]1O[C@@H](C)[C@H](O)[C@@H](O)[C@H]1O. The van der Waals surface area contributed by atoms with Crippen molar-refractivity contribution in [3.63, 3.8) is 0 Å². The standard InChI is InChI=1S/C28H38O17/c1-9-17(30)20(33)23(36)26(40-9)39-8-15-19(32)22(35)25(45-27-24(37)21(34)18(31)10(2)41-27)28(44-15)43-14-7-12-11(6-13(14)38-3)4-5-16(29)42-12/h4-7,9-10,15,17-28,30-37H,8H2,1-3H3/t9-,10+,15+,17+,18+,19-,20-,21-,22+,23-,24-,25-,26-,27+,28+/m1/s1. The van der Waals surface area contributed by atoms with E-state index in [1.165, 1.54) is 45.2 Å². The molecule has 1 aromatic carbocycles. The van der Waals surface area contributed by atoms with Crippen LogP contribution in [-0.2, 0) is 23.7 Å². The lowest BCUT2D eigenvalue weighted by Gasteiger charge is -2.46. The van der Waals surface area contributed by atoms with Crippen molar-refractivity contribution in [2.24, 2.45) is 0 Å². The molecule has 0 bridgehead atoms. The molecule has 0 radical (unpaired) electrons. The maximum Gasteiger partial charge on any atom is 0.336 e. The monoisotopic (exact) mass is 646 g/mol. The molecule has 0 spiro atoms. The predicted molar refractivity (Wildman–Crippen MR) is 146 cm³/mol. The number of rotatable bonds is 8. The molecule has 4 heterocycles. The normalized spacial score (nSPS) is 42.4. The Balaban J connectivity index is 1.42. The summed E-state index contributed by atoms with van der Waals surface area (Å²) in [6.07, 6.45) is -22.7. The quantitative estimate of drug-likeness (QED) is 0.131. The fourth-order valence-corrected chi connectivity index (χ4v) is 5.36. The number of hydrogen-bond acceptors (Lipinski definition) is 17. The van der Waals surface area contributed by atoms with Gasteiger partial charge in [-0.05, 0) is 26.0 Å². The molecule has 3 saturated heterocycles. The van der Waals surface area contributed by atoms with Gasteiger partial charge in [0.25, 0.3) is 0 Å². The van der Waals surface area contributed by atoms with E-state index in [9.17, 15) is 45.6 Å². The van der Waals surface area contributed by atoms with E-state index in [0.29, 0.717) is 5.39 Å². The highest BCUT2D eigenvalue weighted by molar-refractivity contribution is 5.80. The Morgan fingerprint density at radius 2 is 1.31 bits per heavy atom. The highest BCUT2D eigenvalue weighted by Gasteiger charge is 2.52. The van der Waals surface area contributed by atoms with Crippen LogP contribution in [0.4, 0.5) is 0 Å². The second-order valence-electron chi connectivity index (χ2n) is 11.2. The summed E-state index contributed by atoms with van der Waals surface area (Å²) in [5.74, 6) is 0.0978. The van der Waals surface area contributed by atoms with Gasteiger partial charge in [-0.25, -0.2) is 4.79 Å². The lowest BCUT2D eigenvalue weighted by molar-refractivity contribution is -0.360. The van der Waals surface area contributed by atoms with E-state index < -0.39 is 104 Å². The van der Waals surface area contributed by atoms with Gasteiger partial charge in [0.1, 0.15) is 60.5 Å². The molecule has 15 atom stereocenters. The van der Waals surface area contributed by atoms with E-state index in [1.807, 2.05) is 0 Å². The van der Waals surface area contributed by atoms with Gasteiger partial charge in [-0.3, -0.25) is 0 Å². The Hall–Kier alpha value is -2.49. The van der Waals surface area contributed by atoms with E-state index in [4.69, 9.17) is 37.6 Å². The highest BCUT2D eigenvalue weighted by atomic mass is 16.8. The lowest BCUT2D eigenvalue weighted by atomic mass is 9.97. The first-order chi connectivity index (χ1) is 21.3. The molecule has 0 aliphatic carbocycles. The minimum atomic E-state index is -1.82. The van der Waals surface area contributed by atoms with Gasteiger partial charge in [0.05, 0.1) is 25.9 Å². The minimum absolute atomic E-state index is 0.0490. The molecule has 3 fully saturated rings. The number of hydrogen-bond donors (Lipinski definition) is 8. The Bertz CT molecular complexity index is 1350. The number of ether oxygens (including phenoxy) is 7. The van der Waals surface area contributed by atoms with Crippen LogP contribution in [0.25, 0.3) is 11.0 Å². The van der Waals surface area contributed by atoms with Crippen LogP contribution in [-0.4, -0.2) is 147 Å². The third-order valence-electron chi connectivity index (χ3n) is 8.13. The van der Waals surface area contributed by atoms with Crippen LogP contribution >= 0.6 is 0 Å². The Morgan fingerprint density at radius 3 is 1.96 bits per heavy atom. The molecule has 0 amide bonds. The zero-order valence-corrected chi connectivity index (χ0v) is 24.4. The van der Waals surface area contributed by atoms with Crippen molar-refractivity contribution in [1.82, 2.24) is 0 Å². The molecule has 0 unspecified atom stereocenters. The van der Waals surface area contributed by atoms with Gasteiger partial charge in [-0.2, -0.15) is 0 Å². The van der Waals surface area contributed by atoms with Crippen LogP contribution in [0.1, 0.15) is 13.8 Å². The van der Waals surface area contributed by atoms with Crippen molar-refractivity contribution in [2.45, 2.75) is 106 Å². The van der Waals surface area contributed by atoms with E-state index in [-0.39, 0.29) is 17.1 Å². The lowest BCUT2D eigenvalue weighted by Crippen LogP contribution is -2.65. The van der Waals surface area contributed by atoms with Crippen molar-refractivity contribution < 1.29 is 78.4 Å². The molecule has 1 aromatic heterocycles. The number of aliphatic hydroxyl groups is 8. The first-order valence-corrected chi connectivity index (χ1v) is 14.3. The van der Waals surface area contributed by atoms with Gasteiger partial charge in [0.2, 0.25) is 6.29 Å². The largest absolute Gasteiger partial charge is 0.493 e. The van der Waals surface area contributed by atoms with Crippen LogP contribution < -0.4 is 15.1 Å². The zero-order chi connectivity index (χ0) is 32.7. The van der Waals surface area contributed by atoms with Crippen LogP contribution in [0.3, 0.4) is 0 Å². The summed E-state index contributed by atoms with van der Waals surface area (Å²) in [6.45, 7) is 2.35. The van der Waals surface area contributed by atoms with Gasteiger partial charge in [-0.1, -0.05) is 0 Å². The highest BCUT2D eigenvalue weighted by Crippen LogP contribution is 2.36. The Kier molecular flexibility index (Phi) is 10.3. The fraction of sp³-hybridized carbons (Fsp3) is 0.679. The summed E-state index contributed by atoms with van der Waals surface area (Å²) in [6, 6.07) is 5.56. The fourth-order valence-electron chi connectivity index (χ4n) is 5.36. The van der Waals surface area contributed by atoms with E-state index in [0.717, 1.165) is 0 Å². The molecule has 252 valence electrons. The van der Waals surface area contributed by atoms with Crippen molar-refractivity contribution in [1.29, 1.82) is 0 Å². The minimum Gasteiger partial charge on any atom is -0.493 e. The third-order valence-corrected chi connectivity index (χ3v) is 8.13. The van der Waals surface area contributed by atoms with Gasteiger partial charge in [0, 0.05) is 17.5 Å². The maximum absolute atomic E-state index is 11.8. The molecule has 45 heavy (non-hydrogen) atoms. The van der Waals surface area contributed by atoms with Gasteiger partial charge >= 0.3 is 5.63 Å². The molecule has 17 heteroatoms. The number of methoxy groups -OCH3 is 1. The average Bonchev–Trinajstić information content (AvgIpc) is 3.02. The predicted octanol–water partition coefficient (Wildman–Crippen LogP) is -3.32. The second-order valence-corrected chi connectivity index (χ2v) is 11.2. The molecular weight excluding hydrogens is 608 g/mol. The van der Waals surface area contributed by atoms with Gasteiger partial charge in [0.15, 0.2) is 30.2 Å². The maximum atomic E-state index is 11.8. The second kappa shape index (κ2) is 13.7. The van der Waals surface area contributed by atoms with Crippen LogP contribution in [0.2, 0.25) is 0 Å². The number of aliphatic hydroxyl groups excluding tert-OH is 8. The Labute approximate surface area is 255 Å². The van der Waals surface area contributed by atoms with Crippen molar-refractivity contribution in [3.8, 4) is 11.5 Å². The summed E-state index contributed by atoms with van der Waals surface area (Å²) in [5, 5.41) is 83.9. The molecule has 17 nitrogen and oxygen atoms in total. The molecule has 2 aromatic rings. The summed E-state index contributed by atoms with van der Waals surface area (Å²) in [7, 11) is 1.35. The topological polar surface area (TPSA) is 257 Å². The van der Waals surface area contributed by atoms with Crippen molar-refractivity contribution in [2.75, 3.05) is 13.7 Å². The molecule has 5 rings (SSSR count). The van der Waals surface area contributed by atoms with E-state index >= 15 is 0 Å². The van der Waals surface area contributed by atoms with Crippen molar-refractivity contribution in [3.05, 3.63) is 34.7 Å². The zero-order valence-electron chi connectivity index (χ0n) is 24.4. The number of benzene rings is 1.